The quantitative estimate of drug-likeness (QED) is 0.908. The number of hydrogen-bond donors (Lipinski definition) is 2. The molecule has 1 heterocycles. The molecule has 0 aliphatic carbocycles. The number of hydrogen-bond acceptors (Lipinski definition) is 3. The fraction of sp³-hybridized carbons (Fsp3) is 0.368. The molecule has 4 heteroatoms. The molecule has 3 nitrogen and oxygen atoms in total. The number of likely N-dealkylation sites (tertiary alicyclic amines) is 1. The van der Waals surface area contributed by atoms with Gasteiger partial charge in [-0.25, -0.2) is 4.39 Å². The van der Waals surface area contributed by atoms with Crippen LogP contribution in [0.25, 0.3) is 0 Å². The molecule has 0 radical (unpaired) electrons. The highest BCUT2D eigenvalue weighted by atomic mass is 19.1. The first-order chi connectivity index (χ1) is 11.1. The average Bonchev–Trinajstić information content (AvgIpc) is 2.58. The summed E-state index contributed by atoms with van der Waals surface area (Å²) in [5, 5.41) is 20.3. The highest BCUT2D eigenvalue weighted by Gasteiger charge is 2.26. The Morgan fingerprint density at radius 2 is 1.70 bits per heavy atom. The first-order valence-corrected chi connectivity index (χ1v) is 8.06. The van der Waals surface area contributed by atoms with Gasteiger partial charge in [0, 0.05) is 12.1 Å². The second-order valence-corrected chi connectivity index (χ2v) is 6.24. The number of phenolic OH excluding ortho intramolecular Hbond substituents is 1. The largest absolute Gasteiger partial charge is 0.508 e. The molecule has 1 aliphatic heterocycles. The van der Waals surface area contributed by atoms with Crippen LogP contribution in [0.4, 0.5) is 4.39 Å². The van der Waals surface area contributed by atoms with Crippen molar-refractivity contribution in [2.45, 2.75) is 25.5 Å². The number of phenols is 1. The molecule has 2 aromatic carbocycles. The molecule has 3 rings (SSSR count). The fourth-order valence-electron chi connectivity index (χ4n) is 3.24. The summed E-state index contributed by atoms with van der Waals surface area (Å²) in [5.41, 5.74) is 1.72. The molecule has 0 amide bonds. The van der Waals surface area contributed by atoms with Gasteiger partial charge in [0.25, 0.3) is 0 Å². The summed E-state index contributed by atoms with van der Waals surface area (Å²) >= 11 is 0. The van der Waals surface area contributed by atoms with Crippen molar-refractivity contribution in [3.63, 3.8) is 0 Å². The summed E-state index contributed by atoms with van der Waals surface area (Å²) in [6, 6.07) is 13.5. The number of piperidine rings is 1. The van der Waals surface area contributed by atoms with Gasteiger partial charge in [0.05, 0.1) is 6.10 Å². The lowest BCUT2D eigenvalue weighted by molar-refractivity contribution is 0.0565. The summed E-state index contributed by atoms with van der Waals surface area (Å²) in [5.74, 6) is 0.250. The average molecular weight is 315 g/mol. The molecule has 1 fully saturated rings. The van der Waals surface area contributed by atoms with Crippen LogP contribution >= 0.6 is 0 Å². The first-order valence-electron chi connectivity index (χ1n) is 8.06. The maximum Gasteiger partial charge on any atom is 0.123 e. The molecule has 0 aromatic heterocycles. The van der Waals surface area contributed by atoms with Crippen molar-refractivity contribution in [1.29, 1.82) is 0 Å². The summed E-state index contributed by atoms with van der Waals surface area (Å²) in [6.45, 7) is 2.50. The Balaban J connectivity index is 1.56. The van der Waals surface area contributed by atoms with Crippen LogP contribution in [0.2, 0.25) is 0 Å². The number of rotatable bonds is 4. The van der Waals surface area contributed by atoms with Crippen molar-refractivity contribution in [3.05, 3.63) is 65.5 Å². The van der Waals surface area contributed by atoms with Gasteiger partial charge < -0.3 is 10.2 Å². The third kappa shape index (κ3) is 3.89. The molecule has 122 valence electrons. The predicted molar refractivity (Wildman–Crippen MR) is 87.5 cm³/mol. The molecule has 1 unspecified atom stereocenters. The Morgan fingerprint density at radius 3 is 2.35 bits per heavy atom. The molecule has 0 saturated carbocycles. The van der Waals surface area contributed by atoms with Crippen molar-refractivity contribution in [3.8, 4) is 5.75 Å². The lowest BCUT2D eigenvalue weighted by Gasteiger charge is -2.34. The zero-order valence-electron chi connectivity index (χ0n) is 13.0. The van der Waals surface area contributed by atoms with E-state index in [0.29, 0.717) is 5.75 Å². The van der Waals surface area contributed by atoms with E-state index < -0.39 is 6.10 Å². The van der Waals surface area contributed by atoms with Gasteiger partial charge in [-0.15, -0.1) is 0 Å². The second-order valence-electron chi connectivity index (χ2n) is 6.24. The first kappa shape index (κ1) is 16.0. The highest BCUT2D eigenvalue weighted by molar-refractivity contribution is 5.31. The Morgan fingerprint density at radius 1 is 1.04 bits per heavy atom. The van der Waals surface area contributed by atoms with E-state index >= 15 is 0 Å². The molecule has 0 spiro atoms. The number of halogens is 1. The van der Waals surface area contributed by atoms with Crippen molar-refractivity contribution in [1.82, 2.24) is 4.90 Å². The lowest BCUT2D eigenvalue weighted by atomic mass is 9.87. The normalized spacial score (nSPS) is 18.0. The van der Waals surface area contributed by atoms with Gasteiger partial charge in [0.2, 0.25) is 0 Å². The van der Waals surface area contributed by atoms with Gasteiger partial charge in [-0.1, -0.05) is 30.3 Å². The highest BCUT2D eigenvalue weighted by Crippen LogP contribution is 2.31. The van der Waals surface area contributed by atoms with E-state index in [-0.39, 0.29) is 11.7 Å². The number of benzene rings is 2. The van der Waals surface area contributed by atoms with E-state index in [9.17, 15) is 14.6 Å². The second kappa shape index (κ2) is 7.11. The Bertz CT molecular complexity index is 636. The maximum absolute atomic E-state index is 13.0. The number of aromatic hydroxyl groups is 1. The Labute approximate surface area is 136 Å². The molecule has 1 aliphatic rings. The van der Waals surface area contributed by atoms with E-state index in [1.165, 1.54) is 12.1 Å². The van der Waals surface area contributed by atoms with Gasteiger partial charge >= 0.3 is 0 Å². The minimum atomic E-state index is -0.539. The third-order valence-corrected chi connectivity index (χ3v) is 4.68. The van der Waals surface area contributed by atoms with Crippen LogP contribution in [-0.4, -0.2) is 28.2 Å². The maximum atomic E-state index is 13.0. The zero-order valence-corrected chi connectivity index (χ0v) is 13.0. The van der Waals surface area contributed by atoms with E-state index in [1.54, 1.807) is 18.2 Å². The molecular formula is C19H22FNO2. The van der Waals surface area contributed by atoms with Gasteiger partial charge in [-0.2, -0.15) is 0 Å². The van der Waals surface area contributed by atoms with E-state index in [2.05, 4.69) is 4.90 Å². The predicted octanol–water partition coefficient (Wildman–Crippen LogP) is 3.48. The standard InChI is InChI=1S/C19H22FNO2/c20-17-7-5-14(6-8-17)19(23)15-9-11-21(12-10-15)13-16-3-1-2-4-18(16)22/h1-8,15,19,22-23H,9-13H2. The van der Waals surface area contributed by atoms with Crippen LogP contribution in [0.5, 0.6) is 5.75 Å². The van der Waals surface area contributed by atoms with Crippen molar-refractivity contribution < 1.29 is 14.6 Å². The molecule has 2 N–H and O–H groups in total. The van der Waals surface area contributed by atoms with Gasteiger partial charge in [-0.05, 0) is 55.6 Å². The minimum absolute atomic E-state index is 0.195. The van der Waals surface area contributed by atoms with Gasteiger partial charge in [-0.3, -0.25) is 4.90 Å². The summed E-state index contributed by atoms with van der Waals surface area (Å²) in [6.07, 6.45) is 1.25. The Kier molecular flexibility index (Phi) is 4.94. The fourth-order valence-corrected chi connectivity index (χ4v) is 3.24. The van der Waals surface area contributed by atoms with E-state index in [4.69, 9.17) is 0 Å². The minimum Gasteiger partial charge on any atom is -0.508 e. The molecule has 1 atom stereocenters. The van der Waals surface area contributed by atoms with Gasteiger partial charge in [0.1, 0.15) is 11.6 Å². The van der Waals surface area contributed by atoms with E-state index in [0.717, 1.165) is 43.6 Å². The van der Waals surface area contributed by atoms with Crippen molar-refractivity contribution in [2.75, 3.05) is 13.1 Å². The topological polar surface area (TPSA) is 43.7 Å². The monoisotopic (exact) mass is 315 g/mol. The molecule has 2 aromatic rings. The Hall–Kier alpha value is -1.91. The van der Waals surface area contributed by atoms with Gasteiger partial charge in [0.15, 0.2) is 0 Å². The van der Waals surface area contributed by atoms with Crippen molar-refractivity contribution >= 4 is 0 Å². The van der Waals surface area contributed by atoms with Crippen LogP contribution in [0, 0.1) is 11.7 Å². The number of aliphatic hydroxyl groups excluding tert-OH is 1. The molecule has 0 bridgehead atoms. The van der Waals surface area contributed by atoms with Crippen LogP contribution < -0.4 is 0 Å². The molecular weight excluding hydrogens is 293 g/mol. The summed E-state index contributed by atoms with van der Waals surface area (Å²) in [7, 11) is 0. The lowest BCUT2D eigenvalue weighted by Crippen LogP contribution is -2.35. The SMILES string of the molecule is Oc1ccccc1CN1CCC(C(O)c2ccc(F)cc2)CC1. The smallest absolute Gasteiger partial charge is 0.123 e. The van der Waals surface area contributed by atoms with Crippen LogP contribution in [-0.2, 0) is 6.54 Å². The van der Waals surface area contributed by atoms with Crippen molar-refractivity contribution in [2.24, 2.45) is 5.92 Å². The number of nitrogens with zero attached hydrogens (tertiary/aromatic N) is 1. The molecule has 1 saturated heterocycles. The van der Waals surface area contributed by atoms with Crippen LogP contribution in [0.3, 0.4) is 0 Å². The van der Waals surface area contributed by atoms with Crippen LogP contribution in [0.15, 0.2) is 48.5 Å². The third-order valence-electron chi connectivity index (χ3n) is 4.68. The summed E-state index contributed by atoms with van der Waals surface area (Å²) in [4.78, 5) is 2.29. The number of para-hydroxylation sites is 1. The molecule has 23 heavy (non-hydrogen) atoms. The van der Waals surface area contributed by atoms with Crippen LogP contribution in [0.1, 0.15) is 30.1 Å². The summed E-state index contributed by atoms with van der Waals surface area (Å²) < 4.78 is 13.0. The number of aliphatic hydroxyl groups is 1. The zero-order chi connectivity index (χ0) is 16.2. The van der Waals surface area contributed by atoms with E-state index in [1.807, 2.05) is 18.2 Å².